The van der Waals surface area contributed by atoms with E-state index in [-0.39, 0.29) is 12.5 Å². The first-order chi connectivity index (χ1) is 9.48. The van der Waals surface area contributed by atoms with Gasteiger partial charge in [-0.3, -0.25) is 9.59 Å². The molecule has 4 heteroatoms. The van der Waals surface area contributed by atoms with Gasteiger partial charge in [0.05, 0.1) is 5.41 Å². The van der Waals surface area contributed by atoms with Crippen molar-refractivity contribution in [2.75, 3.05) is 6.54 Å². The number of rotatable bonds is 8. The second-order valence-corrected chi connectivity index (χ2v) is 5.34. The molecule has 20 heavy (non-hydrogen) atoms. The van der Waals surface area contributed by atoms with Crippen molar-refractivity contribution in [2.24, 2.45) is 5.41 Å². The van der Waals surface area contributed by atoms with Crippen LogP contribution in [0.3, 0.4) is 0 Å². The summed E-state index contributed by atoms with van der Waals surface area (Å²) in [5.41, 5.74) is 0.332. The number of aryl methyl sites for hydroxylation is 1. The number of nitrogens with one attached hydrogen (secondary N) is 1. The first kappa shape index (κ1) is 16.2. The molecule has 0 spiro atoms. The third-order valence-corrected chi connectivity index (χ3v) is 3.68. The van der Waals surface area contributed by atoms with E-state index in [1.165, 1.54) is 5.56 Å². The fourth-order valence-electron chi connectivity index (χ4n) is 1.83. The molecule has 0 heterocycles. The number of carbonyl (C=O) groups is 2. The van der Waals surface area contributed by atoms with E-state index in [0.717, 1.165) is 12.8 Å². The van der Waals surface area contributed by atoms with Gasteiger partial charge < -0.3 is 10.4 Å². The van der Waals surface area contributed by atoms with E-state index in [1.807, 2.05) is 37.3 Å². The minimum Gasteiger partial charge on any atom is -0.481 e. The van der Waals surface area contributed by atoms with Gasteiger partial charge in [-0.2, -0.15) is 0 Å². The lowest BCUT2D eigenvalue weighted by atomic mass is 9.87. The molecule has 1 aromatic carbocycles. The Morgan fingerprint density at radius 2 is 1.90 bits per heavy atom. The minimum atomic E-state index is -0.880. The summed E-state index contributed by atoms with van der Waals surface area (Å²) in [6, 6.07) is 10.0. The van der Waals surface area contributed by atoms with Crippen molar-refractivity contribution in [3.8, 4) is 0 Å². The van der Waals surface area contributed by atoms with Gasteiger partial charge in [0.25, 0.3) is 0 Å². The lowest BCUT2D eigenvalue weighted by Crippen LogP contribution is -2.40. The summed E-state index contributed by atoms with van der Waals surface area (Å²) in [7, 11) is 0. The van der Waals surface area contributed by atoms with Gasteiger partial charge >= 0.3 is 5.97 Å². The van der Waals surface area contributed by atoms with Gasteiger partial charge in [0.1, 0.15) is 0 Å². The molecule has 0 aliphatic heterocycles. The number of amides is 1. The molecule has 110 valence electrons. The number of benzene rings is 1. The van der Waals surface area contributed by atoms with Gasteiger partial charge in [-0.15, -0.1) is 0 Å². The zero-order chi connectivity index (χ0) is 15.0. The predicted octanol–water partition coefficient (Wildman–Crippen LogP) is 2.63. The molecule has 0 saturated carbocycles. The van der Waals surface area contributed by atoms with E-state index >= 15 is 0 Å². The maximum absolute atomic E-state index is 11.7. The highest BCUT2D eigenvalue weighted by atomic mass is 16.4. The second kappa shape index (κ2) is 7.68. The zero-order valence-electron chi connectivity index (χ0n) is 12.2. The maximum Gasteiger partial charge on any atom is 0.311 e. The second-order valence-electron chi connectivity index (χ2n) is 5.34. The number of hydrogen-bond acceptors (Lipinski definition) is 2. The van der Waals surface area contributed by atoms with Crippen LogP contribution in [0.2, 0.25) is 0 Å². The third-order valence-electron chi connectivity index (χ3n) is 3.68. The smallest absolute Gasteiger partial charge is 0.311 e. The summed E-state index contributed by atoms with van der Waals surface area (Å²) < 4.78 is 0. The van der Waals surface area contributed by atoms with E-state index < -0.39 is 11.4 Å². The molecular formula is C16H23NO3. The topological polar surface area (TPSA) is 66.4 Å². The normalized spacial score (nSPS) is 13.5. The molecular weight excluding hydrogens is 254 g/mol. The molecule has 1 atom stereocenters. The molecule has 0 aliphatic carbocycles. The van der Waals surface area contributed by atoms with Crippen molar-refractivity contribution in [1.82, 2.24) is 5.32 Å². The average Bonchev–Trinajstić information content (AvgIpc) is 2.45. The summed E-state index contributed by atoms with van der Waals surface area (Å²) in [5, 5.41) is 11.8. The molecule has 0 radical (unpaired) electrons. The molecule has 0 saturated heterocycles. The molecule has 0 bridgehead atoms. The SMILES string of the molecule is CCC(C)(CNC(=O)CCCc1ccccc1)C(=O)O. The van der Waals surface area contributed by atoms with Gasteiger partial charge in [-0.05, 0) is 31.7 Å². The van der Waals surface area contributed by atoms with Crippen LogP contribution in [0, 0.1) is 5.41 Å². The zero-order valence-corrected chi connectivity index (χ0v) is 12.2. The van der Waals surface area contributed by atoms with Crippen molar-refractivity contribution in [3.05, 3.63) is 35.9 Å². The molecule has 1 unspecified atom stereocenters. The van der Waals surface area contributed by atoms with E-state index in [4.69, 9.17) is 5.11 Å². The lowest BCUT2D eigenvalue weighted by Gasteiger charge is -2.23. The maximum atomic E-state index is 11.7. The van der Waals surface area contributed by atoms with Crippen LogP contribution in [0.25, 0.3) is 0 Å². The van der Waals surface area contributed by atoms with Crippen molar-refractivity contribution >= 4 is 11.9 Å². The van der Waals surface area contributed by atoms with Gasteiger partial charge in [0.2, 0.25) is 5.91 Å². The Balaban J connectivity index is 2.29. The minimum absolute atomic E-state index is 0.0816. The number of aliphatic carboxylic acids is 1. The highest BCUT2D eigenvalue weighted by Gasteiger charge is 2.31. The van der Waals surface area contributed by atoms with E-state index in [1.54, 1.807) is 6.92 Å². The van der Waals surface area contributed by atoms with Crippen molar-refractivity contribution in [2.45, 2.75) is 39.5 Å². The fourth-order valence-corrected chi connectivity index (χ4v) is 1.83. The van der Waals surface area contributed by atoms with Crippen LogP contribution in [0.4, 0.5) is 0 Å². The largest absolute Gasteiger partial charge is 0.481 e. The molecule has 1 amide bonds. The van der Waals surface area contributed by atoms with E-state index in [0.29, 0.717) is 12.8 Å². The highest BCUT2D eigenvalue weighted by Crippen LogP contribution is 2.19. The van der Waals surface area contributed by atoms with Crippen LogP contribution in [0.5, 0.6) is 0 Å². The molecule has 0 aliphatic rings. The van der Waals surface area contributed by atoms with Crippen molar-refractivity contribution in [1.29, 1.82) is 0 Å². The van der Waals surface area contributed by atoms with Crippen molar-refractivity contribution in [3.63, 3.8) is 0 Å². The quantitative estimate of drug-likeness (QED) is 0.767. The number of carboxylic acids is 1. The monoisotopic (exact) mass is 277 g/mol. The van der Waals surface area contributed by atoms with Crippen LogP contribution in [-0.2, 0) is 16.0 Å². The fraction of sp³-hybridized carbons (Fsp3) is 0.500. The predicted molar refractivity (Wildman–Crippen MR) is 78.4 cm³/mol. The van der Waals surface area contributed by atoms with Crippen LogP contribution < -0.4 is 5.32 Å². The molecule has 2 N–H and O–H groups in total. The van der Waals surface area contributed by atoms with E-state index in [9.17, 15) is 9.59 Å². The number of carbonyl (C=O) groups excluding carboxylic acids is 1. The summed E-state index contributed by atoms with van der Waals surface area (Å²) in [4.78, 5) is 22.8. The van der Waals surface area contributed by atoms with Gasteiger partial charge in [0.15, 0.2) is 0 Å². The first-order valence-corrected chi connectivity index (χ1v) is 7.02. The summed E-state index contributed by atoms with van der Waals surface area (Å²) >= 11 is 0. The highest BCUT2D eigenvalue weighted by molar-refractivity contribution is 5.78. The summed E-state index contributed by atoms with van der Waals surface area (Å²) in [6.07, 6.45) is 2.55. The Kier molecular flexibility index (Phi) is 6.22. The Hall–Kier alpha value is -1.84. The Morgan fingerprint density at radius 3 is 2.45 bits per heavy atom. The van der Waals surface area contributed by atoms with Crippen LogP contribution in [0.15, 0.2) is 30.3 Å². The van der Waals surface area contributed by atoms with Crippen LogP contribution >= 0.6 is 0 Å². The van der Waals surface area contributed by atoms with Gasteiger partial charge in [-0.25, -0.2) is 0 Å². The summed E-state index contributed by atoms with van der Waals surface area (Å²) in [6.45, 7) is 3.65. The van der Waals surface area contributed by atoms with Crippen LogP contribution in [0.1, 0.15) is 38.7 Å². The Labute approximate surface area is 120 Å². The molecule has 1 rings (SSSR count). The molecule has 0 fully saturated rings. The lowest BCUT2D eigenvalue weighted by molar-refractivity contribution is -0.148. The summed E-state index contributed by atoms with van der Waals surface area (Å²) in [5.74, 6) is -0.952. The van der Waals surface area contributed by atoms with E-state index in [2.05, 4.69) is 5.32 Å². The molecule has 4 nitrogen and oxygen atoms in total. The molecule has 1 aromatic rings. The van der Waals surface area contributed by atoms with Crippen LogP contribution in [-0.4, -0.2) is 23.5 Å². The third kappa shape index (κ3) is 5.03. The standard InChI is InChI=1S/C16H23NO3/c1-3-16(2,15(19)20)12-17-14(18)11-7-10-13-8-5-4-6-9-13/h4-6,8-9H,3,7,10-12H2,1-2H3,(H,17,18)(H,19,20). The van der Waals surface area contributed by atoms with Gasteiger partial charge in [-0.1, -0.05) is 37.3 Å². The van der Waals surface area contributed by atoms with Gasteiger partial charge in [0, 0.05) is 13.0 Å². The number of carboxylic acid groups (broad SMARTS) is 1. The Bertz CT molecular complexity index is 444. The first-order valence-electron chi connectivity index (χ1n) is 7.02. The number of hydrogen-bond donors (Lipinski definition) is 2. The average molecular weight is 277 g/mol. The van der Waals surface area contributed by atoms with Crippen molar-refractivity contribution < 1.29 is 14.7 Å². The molecule has 0 aromatic heterocycles. The Morgan fingerprint density at radius 1 is 1.25 bits per heavy atom.